The second kappa shape index (κ2) is 28.9. The minimum atomic E-state index is -0.527. The van der Waals surface area contributed by atoms with Crippen molar-refractivity contribution in [3.8, 4) is 17.2 Å². The van der Waals surface area contributed by atoms with E-state index in [1.165, 1.54) is 12.1 Å². The Hall–Kier alpha value is -7.09. The summed E-state index contributed by atoms with van der Waals surface area (Å²) >= 11 is 0. The molecule has 85 heavy (non-hydrogen) atoms. The topological polar surface area (TPSA) is 259 Å². The number of carbonyl (C=O) groups is 4. The summed E-state index contributed by atoms with van der Waals surface area (Å²) in [4.78, 5) is 70.3. The Labute approximate surface area is 498 Å². The first-order valence-electron chi connectivity index (χ1n) is 30.4. The fourth-order valence-electron chi connectivity index (χ4n) is 14.6. The summed E-state index contributed by atoms with van der Waals surface area (Å²) in [6.07, 6.45) is 4.61. The van der Waals surface area contributed by atoms with Gasteiger partial charge in [-0.2, -0.15) is 0 Å². The van der Waals surface area contributed by atoms with E-state index in [0.717, 1.165) is 48.8 Å². The van der Waals surface area contributed by atoms with Crippen molar-refractivity contribution < 1.29 is 53.4 Å². The van der Waals surface area contributed by atoms with Gasteiger partial charge in [-0.25, -0.2) is 0 Å². The zero-order valence-electron chi connectivity index (χ0n) is 49.5. The predicted molar refractivity (Wildman–Crippen MR) is 322 cm³/mol. The number of hydrogen-bond donors (Lipinski definition) is 9. The maximum Gasteiger partial charge on any atom is 0.291 e. The van der Waals surface area contributed by atoms with E-state index in [-0.39, 0.29) is 146 Å². The number of hydrogen-bond acceptors (Lipinski definition) is 13. The average Bonchev–Trinajstić information content (AvgIpc) is 1.72. The molecule has 4 fully saturated rings. The average molecular weight is 1170 g/mol. The molecule has 0 spiro atoms. The molecule has 4 aliphatic rings. The van der Waals surface area contributed by atoms with Crippen LogP contribution >= 0.6 is 0 Å². The molecule has 456 valence electrons. The zero-order valence-corrected chi connectivity index (χ0v) is 49.5. The maximum atomic E-state index is 14.1. The Morgan fingerprint density at radius 2 is 1.13 bits per heavy atom. The lowest BCUT2D eigenvalue weighted by Crippen LogP contribution is -2.62. The fraction of sp³-hybridized carbons (Fsp3) is 0.507. The van der Waals surface area contributed by atoms with Gasteiger partial charge in [-0.05, 0) is 133 Å². The number of amides is 4. The molecule has 1 heterocycles. The lowest BCUT2D eigenvalue weighted by Gasteiger charge is -2.63. The molecule has 18 heteroatoms. The van der Waals surface area contributed by atoms with E-state index >= 15 is 0 Å². The third-order valence-electron chi connectivity index (χ3n) is 18.9. The Morgan fingerprint density at radius 1 is 0.612 bits per heavy atom. The molecule has 5 aromatic rings. The van der Waals surface area contributed by atoms with E-state index < -0.39 is 40.9 Å². The van der Waals surface area contributed by atoms with Gasteiger partial charge in [-0.1, -0.05) is 112 Å². The van der Waals surface area contributed by atoms with Gasteiger partial charge in [-0.3, -0.25) is 24.0 Å². The molecule has 1 aromatic heterocycles. The van der Waals surface area contributed by atoms with Crippen molar-refractivity contribution in [1.82, 2.24) is 31.6 Å². The first-order chi connectivity index (χ1) is 41.0. The SMILES string of the molecule is Cc1cc(C(=O)NCCNCCNC(=O)c2ccc(C(=O)NCCOCCNC(=O)CC(C)C3CCC4C5C(O)CC6C[C@@H](O)CC[C@@]6(C)C5C[C@@H](O)[C@@]34C)c(OCc3ccccc3)c2OCc2ccccc2)c(OCc2ccccc2)c(=O)[nH]1. The van der Waals surface area contributed by atoms with Crippen molar-refractivity contribution >= 4 is 23.6 Å². The Balaban J connectivity index is 0.758. The van der Waals surface area contributed by atoms with Gasteiger partial charge in [-0.15, -0.1) is 0 Å². The van der Waals surface area contributed by atoms with Crippen LogP contribution in [0.2, 0.25) is 0 Å². The van der Waals surface area contributed by atoms with Gasteiger partial charge in [0.05, 0.1) is 48.2 Å². The van der Waals surface area contributed by atoms with Gasteiger partial charge in [0.15, 0.2) is 17.2 Å². The molecule has 18 nitrogen and oxygen atoms in total. The number of aryl methyl sites for hydroxylation is 1. The minimum absolute atomic E-state index is 0.00341. The van der Waals surface area contributed by atoms with Gasteiger partial charge in [0.2, 0.25) is 5.91 Å². The summed E-state index contributed by atoms with van der Waals surface area (Å²) in [5, 5.41) is 49.1. The monoisotopic (exact) mass is 1170 g/mol. The highest BCUT2D eigenvalue weighted by Crippen LogP contribution is 2.68. The van der Waals surface area contributed by atoms with Crippen LogP contribution in [0.15, 0.2) is 114 Å². The second-order valence-corrected chi connectivity index (χ2v) is 24.4. The molecule has 0 saturated heterocycles. The van der Waals surface area contributed by atoms with Gasteiger partial charge in [0.25, 0.3) is 23.3 Å². The highest BCUT2D eigenvalue weighted by molar-refractivity contribution is 6.03. The molecule has 4 aliphatic carbocycles. The molecule has 0 bridgehead atoms. The van der Waals surface area contributed by atoms with Crippen LogP contribution in [0, 0.1) is 53.3 Å². The molecule has 9 rings (SSSR count). The number of nitrogens with one attached hydrogen (secondary N) is 6. The highest BCUT2D eigenvalue weighted by Gasteiger charge is 2.65. The van der Waals surface area contributed by atoms with Gasteiger partial charge < -0.3 is 65.8 Å². The number of carbonyl (C=O) groups excluding carboxylic acids is 4. The molecule has 0 radical (unpaired) electrons. The van der Waals surface area contributed by atoms with E-state index in [1.54, 1.807) is 13.0 Å². The van der Waals surface area contributed by atoms with Crippen molar-refractivity contribution in [1.29, 1.82) is 0 Å². The number of aliphatic hydroxyl groups is 3. The van der Waals surface area contributed by atoms with E-state index in [2.05, 4.69) is 52.3 Å². The fourth-order valence-corrected chi connectivity index (χ4v) is 14.6. The van der Waals surface area contributed by atoms with Crippen LogP contribution in [0.4, 0.5) is 0 Å². The standard InChI is InChI=1S/C67H86N6O12/c1-42(52-22-23-53-58-54(38-56(76)67(52,53)4)66(3)25-24-48(74)36-47(66)37-55(58)75)34-57(77)69-30-32-82-33-31-72-63(79)50-21-20-49(59(83-39-44-14-8-5-9-15-44)60(50)84-40-45-16-10-6-11-17-45)62(78)70-28-26-68-27-29-71-64(80)51-35-43(2)73-65(81)61(51)85-41-46-18-12-7-13-19-46/h5-21,35,42,47-48,52-56,58,68,74-76H,22-34,36-41H2,1-4H3,(H,69,77)(H,70,78)(H,71,80)(H,72,79)(H,73,81)/t42?,47?,48-,52?,53?,54?,55?,56+,58?,66+,67-/m0/s1. The van der Waals surface area contributed by atoms with Crippen molar-refractivity contribution in [2.45, 2.75) is 117 Å². The molecule has 4 amide bonds. The molecular weight excluding hydrogens is 1080 g/mol. The normalized spacial score (nSPS) is 25.3. The predicted octanol–water partition coefficient (Wildman–Crippen LogP) is 7.02. The number of aromatic amines is 1. The van der Waals surface area contributed by atoms with E-state index in [0.29, 0.717) is 38.0 Å². The van der Waals surface area contributed by atoms with Crippen LogP contribution in [-0.4, -0.2) is 115 Å². The van der Waals surface area contributed by atoms with Crippen LogP contribution in [0.3, 0.4) is 0 Å². The lowest BCUT2D eigenvalue weighted by molar-refractivity contribution is -0.207. The summed E-state index contributed by atoms with van der Waals surface area (Å²) in [6, 6.07) is 32.9. The van der Waals surface area contributed by atoms with E-state index in [1.807, 2.05) is 91.0 Å². The minimum Gasteiger partial charge on any atom is -0.484 e. The lowest BCUT2D eigenvalue weighted by atomic mass is 9.43. The number of aromatic nitrogens is 1. The van der Waals surface area contributed by atoms with Crippen LogP contribution in [0.25, 0.3) is 0 Å². The smallest absolute Gasteiger partial charge is 0.291 e. The van der Waals surface area contributed by atoms with Crippen molar-refractivity contribution in [3.63, 3.8) is 0 Å². The quantitative estimate of drug-likeness (QED) is 0.0240. The van der Waals surface area contributed by atoms with E-state index in [4.69, 9.17) is 18.9 Å². The molecule has 9 N–H and O–H groups in total. The molecule has 7 unspecified atom stereocenters. The number of H-pyrrole nitrogens is 1. The summed E-state index contributed by atoms with van der Waals surface area (Å²) in [6.45, 7) is 10.5. The second-order valence-electron chi connectivity index (χ2n) is 24.4. The van der Waals surface area contributed by atoms with Gasteiger partial charge in [0, 0.05) is 51.4 Å². The number of fused-ring (bicyclic) bond motifs is 5. The zero-order chi connectivity index (χ0) is 60.1. The Morgan fingerprint density at radius 3 is 1.69 bits per heavy atom. The Bertz CT molecular complexity index is 3110. The highest BCUT2D eigenvalue weighted by atomic mass is 16.5. The largest absolute Gasteiger partial charge is 0.484 e. The first-order valence-corrected chi connectivity index (χ1v) is 30.4. The van der Waals surface area contributed by atoms with Crippen LogP contribution in [0.5, 0.6) is 17.2 Å². The van der Waals surface area contributed by atoms with Crippen molar-refractivity contribution in [3.05, 3.63) is 159 Å². The maximum absolute atomic E-state index is 14.1. The van der Waals surface area contributed by atoms with Crippen molar-refractivity contribution in [2.24, 2.45) is 46.3 Å². The van der Waals surface area contributed by atoms with Gasteiger partial charge in [0.1, 0.15) is 19.8 Å². The molecule has 4 aromatic carbocycles. The summed E-state index contributed by atoms with van der Waals surface area (Å²) in [5.41, 5.74) is 2.55. The molecular formula is C67H86N6O12. The summed E-state index contributed by atoms with van der Waals surface area (Å²) in [7, 11) is 0. The molecule has 11 atom stereocenters. The number of pyridine rings is 1. The van der Waals surface area contributed by atoms with E-state index in [9.17, 15) is 39.3 Å². The van der Waals surface area contributed by atoms with Gasteiger partial charge >= 0.3 is 0 Å². The summed E-state index contributed by atoms with van der Waals surface area (Å²) in [5.74, 6) is -0.477. The summed E-state index contributed by atoms with van der Waals surface area (Å²) < 4.78 is 24.5. The number of benzene rings is 4. The molecule has 4 saturated carbocycles. The first kappa shape index (κ1) is 62.4. The third kappa shape index (κ3) is 14.9. The van der Waals surface area contributed by atoms with Crippen LogP contribution in [0.1, 0.15) is 126 Å². The number of aliphatic hydroxyl groups excluding tert-OH is 3. The van der Waals surface area contributed by atoms with Crippen molar-refractivity contribution in [2.75, 3.05) is 52.5 Å². The Kier molecular flexibility index (Phi) is 21.2. The van der Waals surface area contributed by atoms with Crippen LogP contribution in [-0.2, 0) is 29.4 Å². The third-order valence-corrected chi connectivity index (χ3v) is 18.9. The van der Waals surface area contributed by atoms with Crippen LogP contribution < -0.4 is 46.4 Å². The number of rotatable bonds is 27. The number of ether oxygens (including phenoxy) is 4. The molecule has 0 aliphatic heterocycles.